The van der Waals surface area contributed by atoms with Gasteiger partial charge in [0.2, 0.25) is 5.71 Å². The summed E-state index contributed by atoms with van der Waals surface area (Å²) < 4.78 is 12.0. The standard InChI is InChI=1S/C15H15N3O4/c1-8(10-5-4-6-21-10)17-13(19)11-9(2)22-14-12(11)15(20)18(3)7-16-14/h4-8H,1-3H3,(H,17,19)/t8-/m1/s1. The monoisotopic (exact) mass is 301 g/mol. The molecule has 3 heterocycles. The molecule has 3 aromatic rings. The predicted octanol–water partition coefficient (Wildman–Crippen LogP) is 1.92. The summed E-state index contributed by atoms with van der Waals surface area (Å²) in [6.07, 6.45) is 2.90. The van der Waals surface area contributed by atoms with Crippen molar-refractivity contribution >= 4 is 17.0 Å². The van der Waals surface area contributed by atoms with E-state index < -0.39 is 5.91 Å². The second kappa shape index (κ2) is 5.18. The molecule has 1 amide bonds. The number of nitrogens with zero attached hydrogens (tertiary/aromatic N) is 2. The molecule has 0 saturated carbocycles. The van der Waals surface area contributed by atoms with Gasteiger partial charge in [0.05, 0.1) is 17.9 Å². The topological polar surface area (TPSA) is 90.3 Å². The zero-order valence-corrected chi connectivity index (χ0v) is 12.4. The fourth-order valence-corrected chi connectivity index (χ4v) is 2.34. The molecule has 0 spiro atoms. The van der Waals surface area contributed by atoms with Crippen molar-refractivity contribution in [2.75, 3.05) is 0 Å². The lowest BCUT2D eigenvalue weighted by Crippen LogP contribution is -2.28. The van der Waals surface area contributed by atoms with Crippen molar-refractivity contribution in [3.63, 3.8) is 0 Å². The first-order valence-electron chi connectivity index (χ1n) is 6.78. The van der Waals surface area contributed by atoms with E-state index in [0.29, 0.717) is 11.5 Å². The molecule has 0 saturated heterocycles. The van der Waals surface area contributed by atoms with Crippen LogP contribution in [0.15, 0.2) is 38.4 Å². The van der Waals surface area contributed by atoms with Gasteiger partial charge < -0.3 is 18.7 Å². The molecular weight excluding hydrogens is 286 g/mol. The van der Waals surface area contributed by atoms with E-state index in [1.807, 2.05) is 0 Å². The van der Waals surface area contributed by atoms with E-state index in [9.17, 15) is 9.59 Å². The summed E-state index contributed by atoms with van der Waals surface area (Å²) in [5.41, 5.74) is 0.0520. The largest absolute Gasteiger partial charge is 0.467 e. The summed E-state index contributed by atoms with van der Waals surface area (Å²) in [4.78, 5) is 28.8. The third-order valence-electron chi connectivity index (χ3n) is 3.49. The fourth-order valence-electron chi connectivity index (χ4n) is 2.34. The lowest BCUT2D eigenvalue weighted by Gasteiger charge is -2.11. The Morgan fingerprint density at radius 1 is 1.45 bits per heavy atom. The lowest BCUT2D eigenvalue weighted by molar-refractivity contribution is 0.0935. The van der Waals surface area contributed by atoms with Gasteiger partial charge in [-0.2, -0.15) is 0 Å². The minimum atomic E-state index is -0.398. The first-order valence-corrected chi connectivity index (χ1v) is 6.78. The molecule has 3 rings (SSSR count). The van der Waals surface area contributed by atoms with E-state index in [2.05, 4.69) is 10.3 Å². The molecular formula is C15H15N3O4. The Morgan fingerprint density at radius 3 is 2.91 bits per heavy atom. The SMILES string of the molecule is Cc1oc2ncn(C)c(=O)c2c1C(=O)N[C@H](C)c1ccco1. The van der Waals surface area contributed by atoms with Gasteiger partial charge in [-0.25, -0.2) is 4.98 Å². The molecule has 114 valence electrons. The summed E-state index contributed by atoms with van der Waals surface area (Å²) in [6, 6.07) is 3.19. The molecule has 0 radical (unpaired) electrons. The molecule has 1 atom stereocenters. The number of amides is 1. The van der Waals surface area contributed by atoms with Crippen molar-refractivity contribution in [3.05, 3.63) is 52.2 Å². The van der Waals surface area contributed by atoms with Gasteiger partial charge in [0, 0.05) is 7.05 Å². The average Bonchev–Trinajstić information content (AvgIpc) is 3.10. The van der Waals surface area contributed by atoms with Gasteiger partial charge in [-0.15, -0.1) is 0 Å². The zero-order valence-electron chi connectivity index (χ0n) is 12.4. The van der Waals surface area contributed by atoms with Gasteiger partial charge in [0.25, 0.3) is 11.5 Å². The van der Waals surface area contributed by atoms with E-state index in [1.165, 1.54) is 17.2 Å². The minimum absolute atomic E-state index is 0.163. The smallest absolute Gasteiger partial charge is 0.265 e. The summed E-state index contributed by atoms with van der Waals surface area (Å²) in [5.74, 6) is 0.588. The Labute approximate surface area is 125 Å². The highest BCUT2D eigenvalue weighted by atomic mass is 16.3. The molecule has 0 aromatic carbocycles. The maximum atomic E-state index is 12.5. The highest BCUT2D eigenvalue weighted by molar-refractivity contribution is 6.06. The van der Waals surface area contributed by atoms with E-state index in [1.54, 1.807) is 33.0 Å². The van der Waals surface area contributed by atoms with Crippen LogP contribution in [-0.4, -0.2) is 15.5 Å². The van der Waals surface area contributed by atoms with Crippen molar-refractivity contribution in [2.24, 2.45) is 7.05 Å². The first kappa shape index (κ1) is 14.1. The third-order valence-corrected chi connectivity index (χ3v) is 3.49. The summed E-state index contributed by atoms with van der Waals surface area (Å²) in [5, 5.41) is 2.98. The van der Waals surface area contributed by atoms with Crippen molar-refractivity contribution in [1.29, 1.82) is 0 Å². The normalized spacial score (nSPS) is 12.5. The van der Waals surface area contributed by atoms with Crippen molar-refractivity contribution in [1.82, 2.24) is 14.9 Å². The number of hydrogen-bond donors (Lipinski definition) is 1. The van der Waals surface area contributed by atoms with Gasteiger partial charge in [-0.1, -0.05) is 0 Å². The molecule has 0 aliphatic heterocycles. The van der Waals surface area contributed by atoms with E-state index >= 15 is 0 Å². The van der Waals surface area contributed by atoms with E-state index in [-0.39, 0.29) is 28.3 Å². The highest BCUT2D eigenvalue weighted by Gasteiger charge is 2.24. The Balaban J connectivity index is 2.02. The molecule has 3 aromatic heterocycles. The Bertz CT molecular complexity index is 890. The van der Waals surface area contributed by atoms with Crippen LogP contribution in [0.25, 0.3) is 11.1 Å². The van der Waals surface area contributed by atoms with Crippen molar-refractivity contribution < 1.29 is 13.6 Å². The van der Waals surface area contributed by atoms with Crippen LogP contribution >= 0.6 is 0 Å². The number of furan rings is 2. The molecule has 0 unspecified atom stereocenters. The number of aromatic nitrogens is 2. The Hall–Kier alpha value is -2.83. The quantitative estimate of drug-likeness (QED) is 0.798. The van der Waals surface area contributed by atoms with Gasteiger partial charge >= 0.3 is 0 Å². The second-order valence-electron chi connectivity index (χ2n) is 5.08. The Morgan fingerprint density at radius 2 is 2.23 bits per heavy atom. The average molecular weight is 301 g/mol. The van der Waals surface area contributed by atoms with Crippen LogP contribution in [0, 0.1) is 6.92 Å². The number of aryl methyl sites for hydroxylation is 2. The summed E-state index contributed by atoms with van der Waals surface area (Å²) in [6.45, 7) is 3.43. The maximum Gasteiger partial charge on any atom is 0.265 e. The molecule has 22 heavy (non-hydrogen) atoms. The van der Waals surface area contributed by atoms with Gasteiger partial charge in [-0.05, 0) is 26.0 Å². The maximum absolute atomic E-state index is 12.5. The van der Waals surface area contributed by atoms with Gasteiger partial charge in [-0.3, -0.25) is 9.59 Å². The lowest BCUT2D eigenvalue weighted by atomic mass is 10.1. The first-order chi connectivity index (χ1) is 10.5. The van der Waals surface area contributed by atoms with Gasteiger partial charge in [0.15, 0.2) is 0 Å². The number of carbonyl (C=O) groups excluding carboxylic acids is 1. The van der Waals surface area contributed by atoms with E-state index in [0.717, 1.165) is 0 Å². The van der Waals surface area contributed by atoms with Crippen LogP contribution in [0.2, 0.25) is 0 Å². The van der Waals surface area contributed by atoms with Crippen LogP contribution in [-0.2, 0) is 7.05 Å². The summed E-state index contributed by atoms with van der Waals surface area (Å²) >= 11 is 0. The summed E-state index contributed by atoms with van der Waals surface area (Å²) in [7, 11) is 1.57. The molecule has 0 aliphatic carbocycles. The molecule has 0 fully saturated rings. The number of rotatable bonds is 3. The number of hydrogen-bond acceptors (Lipinski definition) is 5. The van der Waals surface area contributed by atoms with Crippen LogP contribution in [0.1, 0.15) is 34.8 Å². The van der Waals surface area contributed by atoms with E-state index in [4.69, 9.17) is 8.83 Å². The van der Waals surface area contributed by atoms with Crippen molar-refractivity contribution in [3.8, 4) is 0 Å². The van der Waals surface area contributed by atoms with Gasteiger partial charge in [0.1, 0.15) is 23.2 Å². The van der Waals surface area contributed by atoms with Crippen LogP contribution in [0.5, 0.6) is 0 Å². The van der Waals surface area contributed by atoms with Crippen LogP contribution in [0.3, 0.4) is 0 Å². The second-order valence-corrected chi connectivity index (χ2v) is 5.08. The van der Waals surface area contributed by atoms with Crippen LogP contribution in [0.4, 0.5) is 0 Å². The highest BCUT2D eigenvalue weighted by Crippen LogP contribution is 2.22. The molecule has 0 aliphatic rings. The molecule has 0 bridgehead atoms. The zero-order chi connectivity index (χ0) is 15.9. The molecule has 1 N–H and O–H groups in total. The minimum Gasteiger partial charge on any atom is -0.467 e. The molecule has 7 nitrogen and oxygen atoms in total. The predicted molar refractivity (Wildman–Crippen MR) is 78.6 cm³/mol. The third kappa shape index (κ3) is 2.20. The number of nitrogens with one attached hydrogen (secondary N) is 1. The van der Waals surface area contributed by atoms with Crippen LogP contribution < -0.4 is 10.9 Å². The number of fused-ring (bicyclic) bond motifs is 1. The van der Waals surface area contributed by atoms with Crippen molar-refractivity contribution in [2.45, 2.75) is 19.9 Å². The fraction of sp³-hybridized carbons (Fsp3) is 0.267. The Kier molecular flexibility index (Phi) is 3.32. The molecule has 7 heteroatoms. The number of carbonyl (C=O) groups is 1.